The van der Waals surface area contributed by atoms with E-state index in [0.29, 0.717) is 25.2 Å². The first-order chi connectivity index (χ1) is 11.3. The highest BCUT2D eigenvalue weighted by molar-refractivity contribution is 5.67. The molecule has 2 fully saturated rings. The maximum Gasteiger partial charge on any atom is 0.409 e. The second-order valence-corrected chi connectivity index (χ2v) is 6.71. The van der Waals surface area contributed by atoms with Crippen LogP contribution in [0.5, 0.6) is 0 Å². The molecular formula is C19H27NO3. The monoisotopic (exact) mass is 317 g/mol. The molecule has 2 aliphatic rings. The van der Waals surface area contributed by atoms with Crippen LogP contribution in [0.25, 0.3) is 0 Å². The lowest BCUT2D eigenvalue weighted by Gasteiger charge is -2.28. The summed E-state index contributed by atoms with van der Waals surface area (Å²) in [5.41, 5.74) is 1.23. The molecule has 1 amide bonds. The Morgan fingerprint density at radius 2 is 1.74 bits per heavy atom. The van der Waals surface area contributed by atoms with E-state index in [0.717, 1.165) is 51.6 Å². The Morgan fingerprint density at radius 1 is 1.04 bits per heavy atom. The Kier molecular flexibility index (Phi) is 5.92. The van der Waals surface area contributed by atoms with E-state index in [2.05, 4.69) is 12.1 Å². The number of benzene rings is 1. The van der Waals surface area contributed by atoms with Gasteiger partial charge in [-0.15, -0.1) is 0 Å². The zero-order chi connectivity index (χ0) is 15.9. The third-order valence-electron chi connectivity index (χ3n) is 4.93. The van der Waals surface area contributed by atoms with Gasteiger partial charge in [0.2, 0.25) is 0 Å². The van der Waals surface area contributed by atoms with Crippen LogP contribution in [0.4, 0.5) is 4.79 Å². The van der Waals surface area contributed by atoms with Crippen LogP contribution in [0, 0.1) is 5.92 Å². The van der Waals surface area contributed by atoms with Gasteiger partial charge in [0, 0.05) is 13.1 Å². The molecule has 1 aliphatic heterocycles. The number of ether oxygens (including phenoxy) is 2. The molecule has 0 aromatic heterocycles. The van der Waals surface area contributed by atoms with Crippen LogP contribution in [0.15, 0.2) is 30.3 Å². The smallest absolute Gasteiger partial charge is 0.409 e. The highest BCUT2D eigenvalue weighted by Crippen LogP contribution is 2.27. The van der Waals surface area contributed by atoms with Crippen molar-refractivity contribution < 1.29 is 14.3 Å². The molecule has 0 bridgehead atoms. The predicted octanol–water partition coefficient (Wildman–Crippen LogP) is 3.99. The Morgan fingerprint density at radius 3 is 2.43 bits per heavy atom. The van der Waals surface area contributed by atoms with Crippen molar-refractivity contribution in [3.8, 4) is 0 Å². The fraction of sp³-hybridized carbons (Fsp3) is 0.632. The summed E-state index contributed by atoms with van der Waals surface area (Å²) in [7, 11) is 0. The van der Waals surface area contributed by atoms with Crippen molar-refractivity contribution in [3.05, 3.63) is 35.9 Å². The molecule has 0 unspecified atom stereocenters. The van der Waals surface area contributed by atoms with Gasteiger partial charge in [0.25, 0.3) is 0 Å². The van der Waals surface area contributed by atoms with Gasteiger partial charge >= 0.3 is 6.09 Å². The fourth-order valence-electron chi connectivity index (χ4n) is 3.43. The van der Waals surface area contributed by atoms with Gasteiger partial charge in [-0.2, -0.15) is 0 Å². The predicted molar refractivity (Wildman–Crippen MR) is 89.1 cm³/mol. The quantitative estimate of drug-likeness (QED) is 0.824. The van der Waals surface area contributed by atoms with Crippen LogP contribution < -0.4 is 0 Å². The number of nitrogens with zero attached hydrogens (tertiary/aromatic N) is 1. The van der Waals surface area contributed by atoms with Crippen LogP contribution >= 0.6 is 0 Å². The lowest BCUT2D eigenvalue weighted by molar-refractivity contribution is -0.00186. The van der Waals surface area contributed by atoms with Gasteiger partial charge in [0.15, 0.2) is 0 Å². The number of amides is 1. The second kappa shape index (κ2) is 8.34. The van der Waals surface area contributed by atoms with Crippen molar-refractivity contribution in [1.29, 1.82) is 0 Å². The molecule has 1 heterocycles. The van der Waals surface area contributed by atoms with Gasteiger partial charge < -0.3 is 14.4 Å². The molecule has 0 N–H and O–H groups in total. The largest absolute Gasteiger partial charge is 0.449 e. The molecule has 3 rings (SSSR count). The second-order valence-electron chi connectivity index (χ2n) is 6.71. The standard InChI is InChI=1S/C19H27NO3/c21-19(20-12-4-5-13-20)23-15-17-8-10-18(11-9-17)22-14-16-6-2-1-3-7-16/h1-3,6-7,17-18H,4-5,8-15H2. The van der Waals surface area contributed by atoms with Crippen molar-refractivity contribution in [2.24, 2.45) is 5.92 Å². The van der Waals surface area contributed by atoms with E-state index < -0.39 is 0 Å². The maximum absolute atomic E-state index is 11.9. The minimum Gasteiger partial charge on any atom is -0.449 e. The van der Waals surface area contributed by atoms with E-state index in [1.54, 1.807) is 0 Å². The van der Waals surface area contributed by atoms with Crippen molar-refractivity contribution in [2.45, 2.75) is 51.2 Å². The van der Waals surface area contributed by atoms with Crippen LogP contribution in [0.3, 0.4) is 0 Å². The highest BCUT2D eigenvalue weighted by Gasteiger charge is 2.24. The average molecular weight is 317 g/mol. The van der Waals surface area contributed by atoms with E-state index in [1.165, 1.54) is 5.56 Å². The summed E-state index contributed by atoms with van der Waals surface area (Å²) < 4.78 is 11.5. The van der Waals surface area contributed by atoms with Gasteiger partial charge in [-0.3, -0.25) is 0 Å². The first-order valence-corrected chi connectivity index (χ1v) is 8.88. The van der Waals surface area contributed by atoms with Crippen molar-refractivity contribution in [3.63, 3.8) is 0 Å². The van der Waals surface area contributed by atoms with E-state index in [1.807, 2.05) is 23.1 Å². The Hall–Kier alpha value is -1.55. The number of hydrogen-bond acceptors (Lipinski definition) is 3. The summed E-state index contributed by atoms with van der Waals surface area (Å²) in [4.78, 5) is 13.7. The zero-order valence-corrected chi connectivity index (χ0v) is 13.8. The van der Waals surface area contributed by atoms with Crippen LogP contribution in [-0.4, -0.2) is 36.8 Å². The van der Waals surface area contributed by atoms with Gasteiger partial charge in [-0.25, -0.2) is 4.79 Å². The van der Waals surface area contributed by atoms with Crippen molar-refractivity contribution in [1.82, 2.24) is 4.90 Å². The molecule has 1 saturated carbocycles. The van der Waals surface area contributed by atoms with E-state index in [4.69, 9.17) is 9.47 Å². The molecule has 0 radical (unpaired) electrons. The summed E-state index contributed by atoms with van der Waals surface area (Å²) >= 11 is 0. The molecule has 1 saturated heterocycles. The highest BCUT2D eigenvalue weighted by atomic mass is 16.6. The van der Waals surface area contributed by atoms with Gasteiger partial charge in [0.1, 0.15) is 0 Å². The molecule has 4 heteroatoms. The zero-order valence-electron chi connectivity index (χ0n) is 13.8. The molecule has 4 nitrogen and oxygen atoms in total. The first kappa shape index (κ1) is 16.3. The molecular weight excluding hydrogens is 290 g/mol. The summed E-state index contributed by atoms with van der Waals surface area (Å²) in [6.07, 6.45) is 6.76. The van der Waals surface area contributed by atoms with Crippen LogP contribution in [0.2, 0.25) is 0 Å². The lowest BCUT2D eigenvalue weighted by Crippen LogP contribution is -2.31. The van der Waals surface area contributed by atoms with Crippen molar-refractivity contribution >= 4 is 6.09 Å². The Bertz CT molecular complexity index is 477. The Balaban J connectivity index is 1.31. The number of rotatable bonds is 5. The normalized spacial score (nSPS) is 24.6. The average Bonchev–Trinajstić information content (AvgIpc) is 3.14. The topological polar surface area (TPSA) is 38.8 Å². The number of carbonyl (C=O) groups is 1. The molecule has 1 aromatic carbocycles. The summed E-state index contributed by atoms with van der Waals surface area (Å²) in [5, 5.41) is 0. The molecule has 0 atom stereocenters. The third-order valence-corrected chi connectivity index (χ3v) is 4.93. The summed E-state index contributed by atoms with van der Waals surface area (Å²) in [6.45, 7) is 2.98. The minimum absolute atomic E-state index is 0.120. The molecule has 23 heavy (non-hydrogen) atoms. The van der Waals surface area contributed by atoms with E-state index in [9.17, 15) is 4.79 Å². The number of hydrogen-bond donors (Lipinski definition) is 0. The van der Waals surface area contributed by atoms with Crippen molar-refractivity contribution in [2.75, 3.05) is 19.7 Å². The first-order valence-electron chi connectivity index (χ1n) is 8.88. The molecule has 1 aliphatic carbocycles. The van der Waals surface area contributed by atoms with E-state index in [-0.39, 0.29) is 6.09 Å². The fourth-order valence-corrected chi connectivity index (χ4v) is 3.43. The number of likely N-dealkylation sites (tertiary alicyclic amines) is 1. The Labute approximate surface area is 138 Å². The lowest BCUT2D eigenvalue weighted by atomic mass is 9.88. The summed E-state index contributed by atoms with van der Waals surface area (Å²) in [5.74, 6) is 0.498. The molecule has 126 valence electrons. The van der Waals surface area contributed by atoms with E-state index >= 15 is 0 Å². The SMILES string of the molecule is O=C(OCC1CCC(OCc2ccccc2)CC1)N1CCCC1. The van der Waals surface area contributed by atoms with Crippen LogP contribution in [-0.2, 0) is 16.1 Å². The third kappa shape index (κ3) is 4.96. The molecule has 1 aromatic rings. The van der Waals surface area contributed by atoms with Gasteiger partial charge in [-0.1, -0.05) is 30.3 Å². The molecule has 0 spiro atoms. The minimum atomic E-state index is -0.120. The number of carbonyl (C=O) groups excluding carboxylic acids is 1. The maximum atomic E-state index is 11.9. The van der Waals surface area contributed by atoms with Gasteiger partial charge in [-0.05, 0) is 50.0 Å². The van der Waals surface area contributed by atoms with Crippen LogP contribution in [0.1, 0.15) is 44.1 Å². The summed E-state index contributed by atoms with van der Waals surface area (Å²) in [6, 6.07) is 10.3. The van der Waals surface area contributed by atoms with Gasteiger partial charge in [0.05, 0.1) is 19.3 Å².